The first-order valence-corrected chi connectivity index (χ1v) is 7.76. The molecule has 0 bridgehead atoms. The van der Waals surface area contributed by atoms with Crippen molar-refractivity contribution >= 4 is 44.6 Å². The standard InChI is InChI=1S/C12H8Cl2N2O4S/c13-10-5-2-6-11(12(10)14)21(19,20)15-8-3-1-4-9(7-8)16(17)18/h1-7,15H. The maximum Gasteiger partial charge on any atom is 0.271 e. The molecule has 0 fully saturated rings. The van der Waals surface area contributed by atoms with Crippen LogP contribution in [0.5, 0.6) is 0 Å². The van der Waals surface area contributed by atoms with Crippen LogP contribution in [0.4, 0.5) is 11.4 Å². The lowest BCUT2D eigenvalue weighted by Gasteiger charge is -2.10. The van der Waals surface area contributed by atoms with Crippen LogP contribution in [-0.2, 0) is 10.0 Å². The van der Waals surface area contributed by atoms with Crippen LogP contribution in [-0.4, -0.2) is 13.3 Å². The van der Waals surface area contributed by atoms with Crippen LogP contribution in [0.25, 0.3) is 0 Å². The largest absolute Gasteiger partial charge is 0.279 e. The van der Waals surface area contributed by atoms with Crippen molar-refractivity contribution in [1.82, 2.24) is 0 Å². The maximum atomic E-state index is 12.2. The molecule has 0 heterocycles. The van der Waals surface area contributed by atoms with E-state index in [9.17, 15) is 18.5 Å². The van der Waals surface area contributed by atoms with Gasteiger partial charge in [0, 0.05) is 12.1 Å². The Morgan fingerprint density at radius 3 is 2.43 bits per heavy atom. The zero-order chi connectivity index (χ0) is 15.6. The third-order valence-electron chi connectivity index (χ3n) is 2.51. The third kappa shape index (κ3) is 3.44. The van der Waals surface area contributed by atoms with Crippen LogP contribution in [0.1, 0.15) is 0 Å². The normalized spacial score (nSPS) is 11.1. The minimum absolute atomic E-state index is 0.0558. The Bertz CT molecular complexity index is 809. The van der Waals surface area contributed by atoms with Crippen molar-refractivity contribution in [3.63, 3.8) is 0 Å². The second-order valence-electron chi connectivity index (χ2n) is 3.96. The van der Waals surface area contributed by atoms with Gasteiger partial charge >= 0.3 is 0 Å². The molecule has 9 heteroatoms. The highest BCUT2D eigenvalue weighted by Crippen LogP contribution is 2.30. The number of rotatable bonds is 4. The molecule has 0 atom stereocenters. The van der Waals surface area contributed by atoms with Gasteiger partial charge in [-0.2, -0.15) is 0 Å². The Morgan fingerprint density at radius 2 is 1.76 bits per heavy atom. The van der Waals surface area contributed by atoms with Crippen LogP contribution < -0.4 is 4.72 Å². The fourth-order valence-corrected chi connectivity index (χ4v) is 3.40. The van der Waals surface area contributed by atoms with E-state index in [1.165, 1.54) is 36.4 Å². The first kappa shape index (κ1) is 15.6. The summed E-state index contributed by atoms with van der Waals surface area (Å²) in [6.07, 6.45) is 0. The number of hydrogen-bond donors (Lipinski definition) is 1. The summed E-state index contributed by atoms with van der Waals surface area (Å²) in [6.45, 7) is 0. The summed E-state index contributed by atoms with van der Waals surface area (Å²) in [4.78, 5) is 9.85. The number of benzene rings is 2. The highest BCUT2D eigenvalue weighted by molar-refractivity contribution is 7.92. The molecule has 1 N–H and O–H groups in total. The molecule has 0 amide bonds. The molecule has 0 saturated heterocycles. The zero-order valence-corrected chi connectivity index (χ0v) is 12.6. The highest BCUT2D eigenvalue weighted by Gasteiger charge is 2.20. The summed E-state index contributed by atoms with van der Waals surface area (Å²) in [7, 11) is -4.00. The van der Waals surface area contributed by atoms with Gasteiger partial charge in [-0.3, -0.25) is 14.8 Å². The van der Waals surface area contributed by atoms with Gasteiger partial charge in [-0.1, -0.05) is 35.3 Å². The predicted molar refractivity (Wildman–Crippen MR) is 80.4 cm³/mol. The molecule has 21 heavy (non-hydrogen) atoms. The monoisotopic (exact) mass is 346 g/mol. The Hall–Kier alpha value is -1.83. The molecule has 2 aromatic rings. The first-order chi connectivity index (χ1) is 9.81. The van der Waals surface area contributed by atoms with Gasteiger partial charge in [0.1, 0.15) is 4.90 Å². The predicted octanol–water partition coefficient (Wildman–Crippen LogP) is 3.70. The molecule has 0 aliphatic carbocycles. The first-order valence-electron chi connectivity index (χ1n) is 5.52. The minimum Gasteiger partial charge on any atom is -0.279 e. The van der Waals surface area contributed by atoms with Gasteiger partial charge in [-0.25, -0.2) is 8.42 Å². The van der Waals surface area contributed by atoms with E-state index in [1.807, 2.05) is 0 Å². The van der Waals surface area contributed by atoms with E-state index in [0.717, 1.165) is 6.07 Å². The number of nitrogens with one attached hydrogen (secondary N) is 1. The number of nitro groups is 1. The van der Waals surface area contributed by atoms with Crippen LogP contribution in [0.3, 0.4) is 0 Å². The van der Waals surface area contributed by atoms with Crippen LogP contribution in [0, 0.1) is 10.1 Å². The van der Waals surface area contributed by atoms with Gasteiger partial charge in [0.05, 0.1) is 20.7 Å². The molecule has 0 spiro atoms. The molecular formula is C12H8Cl2N2O4S. The van der Waals surface area contributed by atoms with Crippen LogP contribution >= 0.6 is 23.2 Å². The minimum atomic E-state index is -4.00. The lowest BCUT2D eigenvalue weighted by atomic mass is 10.3. The summed E-state index contributed by atoms with van der Waals surface area (Å²) >= 11 is 11.6. The lowest BCUT2D eigenvalue weighted by Crippen LogP contribution is -2.13. The lowest BCUT2D eigenvalue weighted by molar-refractivity contribution is -0.384. The molecule has 0 aliphatic rings. The number of sulfonamides is 1. The van der Waals surface area contributed by atoms with Crippen LogP contribution in [0.2, 0.25) is 10.0 Å². The summed E-state index contributed by atoms with van der Waals surface area (Å²) in [5, 5.41) is 10.7. The Labute approximate surface area is 130 Å². The zero-order valence-electron chi connectivity index (χ0n) is 10.3. The van der Waals surface area contributed by atoms with Crippen molar-refractivity contribution < 1.29 is 13.3 Å². The number of non-ortho nitro benzene ring substituents is 1. The SMILES string of the molecule is O=[N+]([O-])c1cccc(NS(=O)(=O)c2cccc(Cl)c2Cl)c1. The van der Waals surface area contributed by atoms with Gasteiger partial charge < -0.3 is 0 Å². The van der Waals surface area contributed by atoms with Gasteiger partial charge in [-0.15, -0.1) is 0 Å². The average molecular weight is 347 g/mol. The van der Waals surface area contributed by atoms with Crippen molar-refractivity contribution in [1.29, 1.82) is 0 Å². The molecule has 2 aromatic carbocycles. The van der Waals surface area contributed by atoms with Gasteiger partial charge in [-0.05, 0) is 18.2 Å². The molecule has 0 saturated carbocycles. The van der Waals surface area contributed by atoms with Gasteiger partial charge in [0.25, 0.3) is 15.7 Å². The van der Waals surface area contributed by atoms with E-state index in [0.29, 0.717) is 0 Å². The fraction of sp³-hybridized carbons (Fsp3) is 0. The summed E-state index contributed by atoms with van der Waals surface area (Å²) in [5.41, 5.74) is -0.173. The summed E-state index contributed by atoms with van der Waals surface area (Å²) in [5.74, 6) is 0. The smallest absolute Gasteiger partial charge is 0.271 e. The van der Waals surface area contributed by atoms with E-state index in [-0.39, 0.29) is 26.3 Å². The Kier molecular flexibility index (Phi) is 4.36. The molecule has 2 rings (SSSR count). The average Bonchev–Trinajstić information content (AvgIpc) is 2.41. The van der Waals surface area contributed by atoms with Crippen molar-refractivity contribution in [3.8, 4) is 0 Å². The quantitative estimate of drug-likeness (QED) is 0.674. The van der Waals surface area contributed by atoms with Gasteiger partial charge in [0.15, 0.2) is 0 Å². The Balaban J connectivity index is 2.40. The van der Waals surface area contributed by atoms with E-state index in [1.54, 1.807) is 0 Å². The number of nitro benzene ring substituents is 1. The number of anilines is 1. The maximum absolute atomic E-state index is 12.2. The van der Waals surface area contributed by atoms with Crippen molar-refractivity contribution in [2.24, 2.45) is 0 Å². The second kappa shape index (κ2) is 5.88. The number of nitrogens with zero attached hydrogens (tertiary/aromatic N) is 1. The van der Waals surface area contributed by atoms with Crippen molar-refractivity contribution in [2.45, 2.75) is 4.90 Å². The molecule has 110 valence electrons. The molecule has 0 aliphatic heterocycles. The van der Waals surface area contributed by atoms with E-state index < -0.39 is 14.9 Å². The highest BCUT2D eigenvalue weighted by atomic mass is 35.5. The van der Waals surface area contributed by atoms with E-state index in [2.05, 4.69) is 4.72 Å². The third-order valence-corrected chi connectivity index (χ3v) is 4.87. The summed E-state index contributed by atoms with van der Waals surface area (Å²) in [6, 6.07) is 9.30. The van der Waals surface area contributed by atoms with Crippen molar-refractivity contribution in [2.75, 3.05) is 4.72 Å². The molecular weight excluding hydrogens is 339 g/mol. The molecule has 0 radical (unpaired) electrons. The van der Waals surface area contributed by atoms with E-state index in [4.69, 9.17) is 23.2 Å². The van der Waals surface area contributed by atoms with Crippen molar-refractivity contribution in [3.05, 3.63) is 62.6 Å². The van der Waals surface area contributed by atoms with Crippen LogP contribution in [0.15, 0.2) is 47.4 Å². The Morgan fingerprint density at radius 1 is 1.10 bits per heavy atom. The number of hydrogen-bond acceptors (Lipinski definition) is 4. The summed E-state index contributed by atoms with van der Waals surface area (Å²) < 4.78 is 26.7. The number of halogens is 2. The topological polar surface area (TPSA) is 89.3 Å². The fourth-order valence-electron chi connectivity index (χ4n) is 1.58. The van der Waals surface area contributed by atoms with E-state index >= 15 is 0 Å². The second-order valence-corrected chi connectivity index (χ2v) is 6.40. The molecule has 0 aromatic heterocycles. The molecule has 6 nitrogen and oxygen atoms in total. The van der Waals surface area contributed by atoms with Gasteiger partial charge in [0.2, 0.25) is 0 Å². The molecule has 0 unspecified atom stereocenters.